The first kappa shape index (κ1) is 16.0. The van der Waals surface area contributed by atoms with Gasteiger partial charge in [-0.05, 0) is 31.0 Å². The zero-order valence-electron chi connectivity index (χ0n) is 12.0. The van der Waals surface area contributed by atoms with Gasteiger partial charge in [-0.1, -0.05) is 23.2 Å². The second-order valence-corrected chi connectivity index (χ2v) is 6.66. The topological polar surface area (TPSA) is 64.0 Å². The predicted octanol–water partition coefficient (Wildman–Crippen LogP) is 1.53. The number of anilines is 1. The fourth-order valence-corrected chi connectivity index (χ4v) is 3.90. The van der Waals surface area contributed by atoms with Gasteiger partial charge in [0.25, 0.3) is 0 Å². The zero-order chi connectivity index (χ0) is 15.9. The summed E-state index contributed by atoms with van der Waals surface area (Å²) < 4.78 is 0. The molecule has 3 atom stereocenters. The number of carbonyl (C=O) groups is 1. The molecule has 0 unspecified atom stereocenters. The normalized spacial score (nSPS) is 29.5. The maximum absolute atomic E-state index is 12.7. The van der Waals surface area contributed by atoms with E-state index in [2.05, 4.69) is 0 Å². The number of benzene rings is 1. The van der Waals surface area contributed by atoms with E-state index in [0.717, 1.165) is 0 Å². The quantitative estimate of drug-likeness (QED) is 0.872. The molecule has 22 heavy (non-hydrogen) atoms. The van der Waals surface area contributed by atoms with Crippen molar-refractivity contribution in [2.45, 2.75) is 31.0 Å². The summed E-state index contributed by atoms with van der Waals surface area (Å²) in [5, 5.41) is 20.2. The van der Waals surface area contributed by atoms with E-state index >= 15 is 0 Å². The van der Waals surface area contributed by atoms with Crippen molar-refractivity contribution >= 4 is 34.8 Å². The first-order valence-electron chi connectivity index (χ1n) is 7.32. The second kappa shape index (κ2) is 6.34. The molecule has 1 amide bonds. The van der Waals surface area contributed by atoms with Crippen LogP contribution in [-0.2, 0) is 4.79 Å². The molecule has 3 rings (SSSR count). The minimum Gasteiger partial charge on any atom is -0.395 e. The number of nitrogens with zero attached hydrogens (tertiary/aromatic N) is 2. The molecule has 5 nitrogen and oxygen atoms in total. The summed E-state index contributed by atoms with van der Waals surface area (Å²) in [5.41, 5.74) is 0.652. The van der Waals surface area contributed by atoms with Gasteiger partial charge in [0, 0.05) is 24.2 Å². The Bertz CT molecular complexity index is 584. The molecule has 0 bridgehead atoms. The Labute approximate surface area is 139 Å². The summed E-state index contributed by atoms with van der Waals surface area (Å²) in [6, 6.07) is 4.59. The monoisotopic (exact) mass is 344 g/mol. The number of likely N-dealkylation sites (tertiary alicyclic amines) is 1. The highest BCUT2D eigenvalue weighted by Gasteiger charge is 2.43. The molecule has 1 aromatic rings. The van der Waals surface area contributed by atoms with Gasteiger partial charge in [0.05, 0.1) is 29.5 Å². The Morgan fingerprint density at radius 1 is 1.32 bits per heavy atom. The summed E-state index contributed by atoms with van der Waals surface area (Å²) in [7, 11) is 0. The van der Waals surface area contributed by atoms with E-state index in [1.54, 1.807) is 23.1 Å². The molecule has 0 aliphatic carbocycles. The van der Waals surface area contributed by atoms with Crippen molar-refractivity contribution < 1.29 is 15.0 Å². The van der Waals surface area contributed by atoms with E-state index < -0.39 is 6.10 Å². The number of aliphatic hydroxyl groups is 2. The third-order valence-corrected chi connectivity index (χ3v) is 4.96. The highest BCUT2D eigenvalue weighted by atomic mass is 35.5. The van der Waals surface area contributed by atoms with E-state index in [9.17, 15) is 15.0 Å². The molecule has 2 N–H and O–H groups in total. The van der Waals surface area contributed by atoms with Gasteiger partial charge in [0.15, 0.2) is 0 Å². The van der Waals surface area contributed by atoms with Gasteiger partial charge in [-0.25, -0.2) is 0 Å². The molecule has 1 aromatic carbocycles. The fraction of sp³-hybridized carbons (Fsp3) is 0.533. The van der Waals surface area contributed by atoms with Crippen LogP contribution in [0, 0.1) is 0 Å². The van der Waals surface area contributed by atoms with Gasteiger partial charge in [-0.2, -0.15) is 0 Å². The van der Waals surface area contributed by atoms with Crippen LogP contribution in [0.1, 0.15) is 12.8 Å². The van der Waals surface area contributed by atoms with E-state index in [4.69, 9.17) is 23.2 Å². The fourth-order valence-electron chi connectivity index (χ4n) is 3.39. The lowest BCUT2D eigenvalue weighted by Crippen LogP contribution is -2.46. The minimum atomic E-state index is -0.488. The maximum Gasteiger partial charge on any atom is 0.244 e. The number of β-amino-alcohol motifs (C(OH)–C–C–N with tert-alkyl or cyclic N) is 1. The molecular weight excluding hydrogens is 327 g/mol. The smallest absolute Gasteiger partial charge is 0.244 e. The van der Waals surface area contributed by atoms with Gasteiger partial charge >= 0.3 is 0 Å². The second-order valence-electron chi connectivity index (χ2n) is 5.81. The van der Waals surface area contributed by atoms with Crippen molar-refractivity contribution in [3.8, 4) is 0 Å². The molecule has 2 saturated heterocycles. The van der Waals surface area contributed by atoms with Crippen LogP contribution < -0.4 is 4.90 Å². The van der Waals surface area contributed by atoms with E-state index in [1.165, 1.54) is 0 Å². The lowest BCUT2D eigenvalue weighted by atomic mass is 10.1. The largest absolute Gasteiger partial charge is 0.395 e. The number of hydrogen-bond donors (Lipinski definition) is 2. The van der Waals surface area contributed by atoms with Crippen molar-refractivity contribution in [2.75, 3.05) is 24.6 Å². The molecule has 0 spiro atoms. The molecule has 2 aliphatic rings. The Balaban J connectivity index is 1.80. The predicted molar refractivity (Wildman–Crippen MR) is 85.4 cm³/mol. The van der Waals surface area contributed by atoms with Crippen LogP contribution in [0.4, 0.5) is 5.69 Å². The third-order valence-electron chi connectivity index (χ3n) is 4.42. The van der Waals surface area contributed by atoms with E-state index in [0.29, 0.717) is 41.7 Å². The van der Waals surface area contributed by atoms with Crippen LogP contribution in [0.15, 0.2) is 18.2 Å². The molecule has 0 saturated carbocycles. The van der Waals surface area contributed by atoms with Gasteiger partial charge in [-0.3, -0.25) is 9.69 Å². The number of carbonyl (C=O) groups excluding carboxylic acids is 1. The van der Waals surface area contributed by atoms with Gasteiger partial charge in [0.1, 0.15) is 0 Å². The molecule has 2 fully saturated rings. The summed E-state index contributed by atoms with van der Waals surface area (Å²) in [4.78, 5) is 16.3. The highest BCUT2D eigenvalue weighted by Crippen LogP contribution is 2.34. The van der Waals surface area contributed by atoms with Crippen molar-refractivity contribution in [3.05, 3.63) is 28.2 Å². The Morgan fingerprint density at radius 2 is 2.09 bits per heavy atom. The van der Waals surface area contributed by atoms with Crippen molar-refractivity contribution in [3.63, 3.8) is 0 Å². The lowest BCUT2D eigenvalue weighted by Gasteiger charge is -2.28. The molecule has 2 heterocycles. The van der Waals surface area contributed by atoms with Gasteiger partial charge in [-0.15, -0.1) is 0 Å². The van der Waals surface area contributed by atoms with Crippen LogP contribution in [0.25, 0.3) is 0 Å². The standard InChI is InChI=1S/C15H18Cl2N2O3/c16-9-1-2-13(12(17)5-9)18-4-3-14(15(18)22)19-7-11(21)6-10(19)8-20/h1-2,5,10-11,14,20-21H,3-4,6-8H2/t10-,11-,14+/m0/s1. The molecule has 0 aromatic heterocycles. The Hall–Kier alpha value is -0.850. The minimum absolute atomic E-state index is 0.0447. The summed E-state index contributed by atoms with van der Waals surface area (Å²) >= 11 is 12.1. The highest BCUT2D eigenvalue weighted by molar-refractivity contribution is 6.36. The van der Waals surface area contributed by atoms with Crippen LogP contribution in [-0.4, -0.2) is 58.9 Å². The van der Waals surface area contributed by atoms with E-state index in [1.807, 2.05) is 4.90 Å². The van der Waals surface area contributed by atoms with Crippen molar-refractivity contribution in [1.82, 2.24) is 4.90 Å². The molecule has 2 aliphatic heterocycles. The van der Waals surface area contributed by atoms with E-state index in [-0.39, 0.29) is 24.6 Å². The zero-order valence-corrected chi connectivity index (χ0v) is 13.5. The first-order chi connectivity index (χ1) is 10.5. The van der Waals surface area contributed by atoms with Gasteiger partial charge in [0.2, 0.25) is 5.91 Å². The van der Waals surface area contributed by atoms with Gasteiger partial charge < -0.3 is 15.1 Å². The molecular formula is C15H18Cl2N2O3. The summed E-state index contributed by atoms with van der Waals surface area (Å²) in [5.74, 6) is -0.0447. The van der Waals surface area contributed by atoms with Crippen LogP contribution in [0.2, 0.25) is 10.0 Å². The number of aliphatic hydroxyl groups excluding tert-OH is 2. The SMILES string of the molecule is O=C1[C@H](N2C[C@@H](O)C[C@H]2CO)CCN1c1ccc(Cl)cc1Cl. The lowest BCUT2D eigenvalue weighted by molar-refractivity contribution is -0.122. The van der Waals surface area contributed by atoms with Crippen LogP contribution in [0.3, 0.4) is 0 Å². The summed E-state index contributed by atoms with van der Waals surface area (Å²) in [6.07, 6.45) is 0.668. The molecule has 120 valence electrons. The third kappa shape index (κ3) is 2.84. The summed E-state index contributed by atoms with van der Waals surface area (Å²) in [6.45, 7) is 0.933. The first-order valence-corrected chi connectivity index (χ1v) is 8.08. The van der Waals surface area contributed by atoms with Crippen molar-refractivity contribution in [1.29, 1.82) is 0 Å². The maximum atomic E-state index is 12.7. The number of amides is 1. The Kier molecular flexibility index (Phi) is 4.61. The number of halogens is 2. The number of hydrogen-bond acceptors (Lipinski definition) is 4. The average molecular weight is 345 g/mol. The van der Waals surface area contributed by atoms with Crippen LogP contribution >= 0.6 is 23.2 Å². The molecule has 0 radical (unpaired) electrons. The Morgan fingerprint density at radius 3 is 2.77 bits per heavy atom. The molecule has 7 heteroatoms. The number of rotatable bonds is 3. The van der Waals surface area contributed by atoms with Crippen LogP contribution in [0.5, 0.6) is 0 Å². The average Bonchev–Trinajstić information content (AvgIpc) is 3.02. The van der Waals surface area contributed by atoms with Crippen molar-refractivity contribution in [2.24, 2.45) is 0 Å².